The molecule has 0 spiro atoms. The van der Waals surface area contributed by atoms with Crippen LogP contribution < -0.4 is 9.64 Å². The number of rotatable bonds is 18. The van der Waals surface area contributed by atoms with Gasteiger partial charge in [-0.25, -0.2) is 4.79 Å². The predicted molar refractivity (Wildman–Crippen MR) is 146 cm³/mol. The number of nitrogens with one attached hydrogen (secondary N) is 1. The molecule has 0 bridgehead atoms. The van der Waals surface area contributed by atoms with E-state index in [9.17, 15) is 39.3 Å². The fourth-order valence-corrected chi connectivity index (χ4v) is 4.13. The van der Waals surface area contributed by atoms with Crippen LogP contribution in [-0.2, 0) is 23.9 Å². The summed E-state index contributed by atoms with van der Waals surface area (Å²) >= 11 is 0. The van der Waals surface area contributed by atoms with Gasteiger partial charge in [-0.2, -0.15) is 0 Å². The van der Waals surface area contributed by atoms with Crippen LogP contribution in [0.2, 0.25) is 0 Å². The Kier molecular flexibility index (Phi) is 10.8. The molecule has 0 saturated carbocycles. The predicted octanol–water partition coefficient (Wildman–Crippen LogP) is 1.38. The summed E-state index contributed by atoms with van der Waals surface area (Å²) in [6.07, 6.45) is 0. The standard InChI is InChI=1S/C27H29N3O12/c31-23(32)12-29(13-24(33)34)5-6-41-7-8-42-22-11-17(3-4-21(22)30(14-25(35)36)15-26(37)38)19-9-16-1-2-18(27(39)40)10-20(16)28-19/h1-4,9-11,28H,5-8,12-15H2,(H,31,32)(H,33,34)(H,35,36)(H,37,38)(H,39,40). The molecule has 15 heteroatoms. The number of anilines is 1. The summed E-state index contributed by atoms with van der Waals surface area (Å²) in [6, 6.07) is 11.1. The molecule has 3 rings (SSSR count). The number of fused-ring (bicyclic) bond motifs is 1. The summed E-state index contributed by atoms with van der Waals surface area (Å²) in [4.78, 5) is 61.5. The van der Waals surface area contributed by atoms with Crippen molar-refractivity contribution in [3.8, 4) is 17.0 Å². The molecule has 1 aromatic heterocycles. The number of carboxylic acids is 5. The maximum Gasteiger partial charge on any atom is 0.335 e. The fourth-order valence-electron chi connectivity index (χ4n) is 4.13. The van der Waals surface area contributed by atoms with Crippen molar-refractivity contribution in [3.05, 3.63) is 48.0 Å². The van der Waals surface area contributed by atoms with E-state index in [1.54, 1.807) is 24.3 Å². The minimum absolute atomic E-state index is 0.000134. The maximum absolute atomic E-state index is 11.4. The normalized spacial score (nSPS) is 11.0. The minimum Gasteiger partial charge on any atom is -0.489 e. The molecule has 0 saturated heterocycles. The summed E-state index contributed by atoms with van der Waals surface area (Å²) in [5.74, 6) is -5.81. The highest BCUT2D eigenvalue weighted by Crippen LogP contribution is 2.34. The number of nitrogens with zero attached hydrogens (tertiary/aromatic N) is 2. The van der Waals surface area contributed by atoms with Gasteiger partial charge in [0.15, 0.2) is 0 Å². The number of benzene rings is 2. The number of aliphatic carboxylic acids is 4. The van der Waals surface area contributed by atoms with Crippen LogP contribution in [0.15, 0.2) is 42.5 Å². The second-order valence-electron chi connectivity index (χ2n) is 9.08. The zero-order chi connectivity index (χ0) is 30.8. The number of carbonyl (C=O) groups is 5. The Hall–Kier alpha value is -5.15. The summed E-state index contributed by atoms with van der Waals surface area (Å²) in [7, 11) is 0. The van der Waals surface area contributed by atoms with Gasteiger partial charge in [-0.3, -0.25) is 24.1 Å². The molecule has 15 nitrogen and oxygen atoms in total. The van der Waals surface area contributed by atoms with Gasteiger partial charge in [0.05, 0.1) is 37.6 Å². The third-order valence-electron chi connectivity index (χ3n) is 5.89. The number of H-pyrrole nitrogens is 1. The van der Waals surface area contributed by atoms with E-state index in [0.29, 0.717) is 16.8 Å². The van der Waals surface area contributed by atoms with E-state index in [0.717, 1.165) is 10.3 Å². The summed E-state index contributed by atoms with van der Waals surface area (Å²) in [5, 5.41) is 46.5. The van der Waals surface area contributed by atoms with Crippen LogP contribution >= 0.6 is 0 Å². The van der Waals surface area contributed by atoms with Crippen molar-refractivity contribution in [2.45, 2.75) is 0 Å². The van der Waals surface area contributed by atoms with Gasteiger partial charge >= 0.3 is 29.8 Å². The second kappa shape index (κ2) is 14.5. The monoisotopic (exact) mass is 587 g/mol. The third-order valence-corrected chi connectivity index (χ3v) is 5.89. The van der Waals surface area contributed by atoms with E-state index in [-0.39, 0.29) is 43.4 Å². The van der Waals surface area contributed by atoms with E-state index in [4.69, 9.17) is 19.7 Å². The van der Waals surface area contributed by atoms with Crippen molar-refractivity contribution in [3.63, 3.8) is 0 Å². The Bertz CT molecular complexity index is 1440. The van der Waals surface area contributed by atoms with E-state index in [1.807, 2.05) is 0 Å². The van der Waals surface area contributed by atoms with Gasteiger partial charge in [0.2, 0.25) is 0 Å². The second-order valence-corrected chi connectivity index (χ2v) is 9.08. The molecule has 0 atom stereocenters. The van der Waals surface area contributed by atoms with Gasteiger partial charge in [0.25, 0.3) is 0 Å². The molecule has 42 heavy (non-hydrogen) atoms. The van der Waals surface area contributed by atoms with E-state index >= 15 is 0 Å². The SMILES string of the molecule is O=C(O)CN(CCOCCOc1cc(-c2cc3ccc(C(=O)O)cc3[nH]2)ccc1N(CC(=O)O)CC(=O)O)CC(=O)O. The summed E-state index contributed by atoms with van der Waals surface area (Å²) in [6.45, 7) is -2.20. The van der Waals surface area contributed by atoms with Gasteiger partial charge in [-0.05, 0) is 30.3 Å². The number of hydrogen-bond donors (Lipinski definition) is 6. The Morgan fingerprint density at radius 2 is 1.36 bits per heavy atom. The Morgan fingerprint density at radius 3 is 1.95 bits per heavy atom. The molecule has 0 aliphatic carbocycles. The van der Waals surface area contributed by atoms with Crippen molar-refractivity contribution in [1.29, 1.82) is 0 Å². The molecule has 0 unspecified atom stereocenters. The average molecular weight is 588 g/mol. The molecule has 0 amide bonds. The highest BCUT2D eigenvalue weighted by atomic mass is 16.5. The first-order valence-corrected chi connectivity index (χ1v) is 12.5. The molecule has 224 valence electrons. The zero-order valence-electron chi connectivity index (χ0n) is 22.2. The van der Waals surface area contributed by atoms with Crippen molar-refractivity contribution < 1.29 is 59.0 Å². The van der Waals surface area contributed by atoms with Gasteiger partial charge < -0.3 is 44.9 Å². The van der Waals surface area contributed by atoms with Crippen molar-refractivity contribution in [2.75, 3.05) is 57.4 Å². The smallest absolute Gasteiger partial charge is 0.335 e. The highest BCUT2D eigenvalue weighted by Gasteiger charge is 2.20. The number of aromatic carboxylic acids is 1. The number of carboxylic acid groups (broad SMARTS) is 5. The van der Waals surface area contributed by atoms with Gasteiger partial charge in [-0.15, -0.1) is 0 Å². The van der Waals surface area contributed by atoms with Crippen molar-refractivity contribution in [2.24, 2.45) is 0 Å². The lowest BCUT2D eigenvalue weighted by Gasteiger charge is -2.24. The van der Waals surface area contributed by atoms with Crippen LogP contribution in [-0.4, -0.2) is 118 Å². The number of aromatic amines is 1. The van der Waals surface area contributed by atoms with Crippen LogP contribution in [0.3, 0.4) is 0 Å². The summed E-state index contributed by atoms with van der Waals surface area (Å²) < 4.78 is 11.3. The lowest BCUT2D eigenvalue weighted by atomic mass is 10.1. The van der Waals surface area contributed by atoms with E-state index in [2.05, 4.69) is 4.98 Å². The first kappa shape index (κ1) is 31.4. The Balaban J connectivity index is 1.80. The van der Waals surface area contributed by atoms with E-state index in [1.165, 1.54) is 23.1 Å². The number of ether oxygens (including phenoxy) is 2. The topological polar surface area (TPSA) is 227 Å². The maximum atomic E-state index is 11.4. The Labute approximate surface area is 238 Å². The molecule has 0 radical (unpaired) electrons. The lowest BCUT2D eigenvalue weighted by molar-refractivity contribution is -0.142. The fraction of sp³-hybridized carbons (Fsp3) is 0.296. The molecule has 1 heterocycles. The number of hydrogen-bond acceptors (Lipinski definition) is 9. The first-order valence-electron chi connectivity index (χ1n) is 12.5. The highest BCUT2D eigenvalue weighted by molar-refractivity contribution is 5.95. The van der Waals surface area contributed by atoms with Gasteiger partial charge in [0.1, 0.15) is 25.4 Å². The molecule has 3 aromatic rings. The zero-order valence-corrected chi connectivity index (χ0v) is 22.2. The largest absolute Gasteiger partial charge is 0.489 e. The van der Waals surface area contributed by atoms with Crippen molar-refractivity contribution >= 4 is 46.4 Å². The van der Waals surface area contributed by atoms with Gasteiger partial charge in [0, 0.05) is 28.7 Å². The molecule has 0 fully saturated rings. The molecule has 0 aliphatic heterocycles. The third kappa shape index (κ3) is 9.21. The molecule has 2 aromatic carbocycles. The van der Waals surface area contributed by atoms with Crippen molar-refractivity contribution in [1.82, 2.24) is 9.88 Å². The lowest BCUT2D eigenvalue weighted by Crippen LogP contribution is -2.37. The van der Waals surface area contributed by atoms with Crippen LogP contribution in [0.5, 0.6) is 5.75 Å². The van der Waals surface area contributed by atoms with E-state index < -0.39 is 56.0 Å². The molecular formula is C27H29N3O12. The quantitative estimate of drug-likeness (QED) is 0.116. The first-order chi connectivity index (χ1) is 19.9. The van der Waals surface area contributed by atoms with Crippen LogP contribution in [0.4, 0.5) is 5.69 Å². The van der Waals surface area contributed by atoms with Crippen LogP contribution in [0.25, 0.3) is 22.2 Å². The molecule has 0 aliphatic rings. The molecule has 6 N–H and O–H groups in total. The Morgan fingerprint density at radius 1 is 0.714 bits per heavy atom. The van der Waals surface area contributed by atoms with Crippen LogP contribution in [0, 0.1) is 0 Å². The van der Waals surface area contributed by atoms with Gasteiger partial charge in [-0.1, -0.05) is 12.1 Å². The summed E-state index contributed by atoms with van der Waals surface area (Å²) in [5.41, 5.74) is 2.05. The average Bonchev–Trinajstić information content (AvgIpc) is 3.32. The van der Waals surface area contributed by atoms with Crippen LogP contribution in [0.1, 0.15) is 10.4 Å². The minimum atomic E-state index is -1.26. The molecular weight excluding hydrogens is 558 g/mol. The number of aromatic nitrogens is 1.